The molecule has 0 fully saturated rings. The van der Waals surface area contributed by atoms with Crippen molar-refractivity contribution in [2.45, 2.75) is 0 Å². The normalized spacial score (nSPS) is 9.88. The topological polar surface area (TPSA) is 120 Å². The molecule has 2 rings (SSSR count). The average molecular weight is 349 g/mol. The van der Waals surface area contributed by atoms with Crippen LogP contribution in [0.5, 0.6) is 11.5 Å². The third-order valence-electron chi connectivity index (χ3n) is 2.83. The van der Waals surface area contributed by atoms with Gasteiger partial charge in [-0.2, -0.15) is 0 Å². The molecule has 0 atom stereocenters. The van der Waals surface area contributed by atoms with Gasteiger partial charge >= 0.3 is 0 Å². The first-order chi connectivity index (χ1) is 11.5. The monoisotopic (exact) mass is 349 g/mol. The van der Waals surface area contributed by atoms with Crippen molar-refractivity contribution in [3.8, 4) is 11.5 Å². The summed E-state index contributed by atoms with van der Waals surface area (Å²) in [7, 11) is 1.40. The zero-order valence-electron chi connectivity index (χ0n) is 12.7. The molecular formula is C15H15N3O5S. The van der Waals surface area contributed by atoms with E-state index in [0.717, 1.165) is 0 Å². The minimum Gasteiger partial charge on any atom is -0.493 e. The van der Waals surface area contributed by atoms with E-state index >= 15 is 0 Å². The molecule has 0 radical (unpaired) electrons. The molecule has 9 heteroatoms. The van der Waals surface area contributed by atoms with Crippen LogP contribution >= 0.6 is 11.3 Å². The molecule has 1 aromatic heterocycles. The van der Waals surface area contributed by atoms with Crippen LogP contribution in [0, 0.1) is 0 Å². The number of nitrogens with one attached hydrogen (secondary N) is 2. The summed E-state index contributed by atoms with van der Waals surface area (Å²) in [4.78, 5) is 35.1. The van der Waals surface area contributed by atoms with Gasteiger partial charge in [-0.15, -0.1) is 11.3 Å². The van der Waals surface area contributed by atoms with Crippen LogP contribution in [0.2, 0.25) is 0 Å². The van der Waals surface area contributed by atoms with E-state index in [-0.39, 0.29) is 23.7 Å². The van der Waals surface area contributed by atoms with Crippen molar-refractivity contribution in [3.05, 3.63) is 46.2 Å². The summed E-state index contributed by atoms with van der Waals surface area (Å²) in [5.41, 5.74) is 9.87. The zero-order chi connectivity index (χ0) is 17.5. The summed E-state index contributed by atoms with van der Waals surface area (Å²) in [6.07, 6.45) is 0. The van der Waals surface area contributed by atoms with Crippen LogP contribution < -0.4 is 26.1 Å². The Bertz CT molecular complexity index is 746. The predicted molar refractivity (Wildman–Crippen MR) is 86.9 cm³/mol. The van der Waals surface area contributed by atoms with Crippen LogP contribution in [0.15, 0.2) is 35.7 Å². The number of carbonyl (C=O) groups is 3. The van der Waals surface area contributed by atoms with E-state index < -0.39 is 17.7 Å². The Hall–Kier alpha value is -3.07. The maximum Gasteiger partial charge on any atom is 0.279 e. The van der Waals surface area contributed by atoms with Gasteiger partial charge in [0.1, 0.15) is 0 Å². The summed E-state index contributed by atoms with van der Waals surface area (Å²) < 4.78 is 10.3. The fourth-order valence-corrected chi connectivity index (χ4v) is 2.35. The first-order valence-electron chi connectivity index (χ1n) is 6.74. The highest BCUT2D eigenvalue weighted by Gasteiger charge is 2.13. The van der Waals surface area contributed by atoms with Crippen LogP contribution in [0.3, 0.4) is 0 Å². The molecule has 0 aliphatic rings. The number of rotatable bonds is 6. The first kappa shape index (κ1) is 17.3. The minimum absolute atomic E-state index is 0.241. The molecule has 0 unspecified atom stereocenters. The molecule has 0 bridgehead atoms. The van der Waals surface area contributed by atoms with E-state index in [1.165, 1.54) is 36.6 Å². The standard InChI is InChI=1S/C15H15N3O5S/c1-22-11-7-9(4-5-10(11)23-8-13(16)19)14(20)17-18-15(21)12-3-2-6-24-12/h2-7H,8H2,1H3,(H2,16,19)(H,17,20)(H,18,21). The maximum atomic E-state index is 12.1. The lowest BCUT2D eigenvalue weighted by Crippen LogP contribution is -2.41. The van der Waals surface area contributed by atoms with Crippen LogP contribution in [-0.2, 0) is 4.79 Å². The summed E-state index contributed by atoms with van der Waals surface area (Å²) in [5, 5.41) is 1.76. The summed E-state index contributed by atoms with van der Waals surface area (Å²) in [6, 6.07) is 7.73. The quantitative estimate of drug-likeness (QED) is 0.663. The van der Waals surface area contributed by atoms with Crippen LogP contribution in [-0.4, -0.2) is 31.4 Å². The molecule has 0 aliphatic carbocycles. The van der Waals surface area contributed by atoms with E-state index in [4.69, 9.17) is 15.2 Å². The highest BCUT2D eigenvalue weighted by Crippen LogP contribution is 2.27. The van der Waals surface area contributed by atoms with Gasteiger partial charge in [-0.25, -0.2) is 0 Å². The number of ether oxygens (including phenoxy) is 2. The Morgan fingerprint density at radius 3 is 2.50 bits per heavy atom. The Morgan fingerprint density at radius 2 is 1.88 bits per heavy atom. The molecular weight excluding hydrogens is 334 g/mol. The number of primary amides is 1. The van der Waals surface area contributed by atoms with Crippen molar-refractivity contribution < 1.29 is 23.9 Å². The molecule has 126 valence electrons. The number of hydrogen-bond acceptors (Lipinski definition) is 6. The van der Waals surface area contributed by atoms with Crippen LogP contribution in [0.4, 0.5) is 0 Å². The highest BCUT2D eigenvalue weighted by molar-refractivity contribution is 7.12. The lowest BCUT2D eigenvalue weighted by atomic mass is 10.2. The lowest BCUT2D eigenvalue weighted by molar-refractivity contribution is -0.119. The van der Waals surface area contributed by atoms with E-state index in [0.29, 0.717) is 4.88 Å². The Morgan fingerprint density at radius 1 is 1.12 bits per heavy atom. The van der Waals surface area contributed by atoms with Crippen LogP contribution in [0.25, 0.3) is 0 Å². The number of thiophene rings is 1. The Kier molecular flexibility index (Phi) is 5.74. The zero-order valence-corrected chi connectivity index (χ0v) is 13.5. The molecule has 0 aliphatic heterocycles. The van der Waals surface area contributed by atoms with Crippen molar-refractivity contribution >= 4 is 29.1 Å². The number of carbonyl (C=O) groups excluding carboxylic acids is 3. The van der Waals surface area contributed by atoms with Gasteiger partial charge in [0.2, 0.25) is 0 Å². The minimum atomic E-state index is -0.629. The fraction of sp³-hybridized carbons (Fsp3) is 0.133. The molecule has 2 aromatic rings. The molecule has 0 saturated carbocycles. The molecule has 0 spiro atoms. The largest absolute Gasteiger partial charge is 0.493 e. The third-order valence-corrected chi connectivity index (χ3v) is 3.70. The van der Waals surface area contributed by atoms with Gasteiger partial charge in [-0.3, -0.25) is 25.2 Å². The predicted octanol–water partition coefficient (Wildman–Crippen LogP) is 0.696. The molecule has 0 saturated heterocycles. The van der Waals surface area contributed by atoms with Crippen molar-refractivity contribution in [1.29, 1.82) is 0 Å². The van der Waals surface area contributed by atoms with Gasteiger partial charge in [0.05, 0.1) is 12.0 Å². The Balaban J connectivity index is 2.01. The SMILES string of the molecule is COc1cc(C(=O)NNC(=O)c2cccs2)ccc1OCC(N)=O. The number of methoxy groups -OCH3 is 1. The second kappa shape index (κ2) is 7.97. The van der Waals surface area contributed by atoms with Crippen LogP contribution in [0.1, 0.15) is 20.0 Å². The smallest absolute Gasteiger partial charge is 0.279 e. The fourth-order valence-electron chi connectivity index (χ4n) is 1.73. The van der Waals surface area contributed by atoms with Crippen molar-refractivity contribution in [3.63, 3.8) is 0 Å². The summed E-state index contributed by atoms with van der Waals surface area (Å²) >= 11 is 1.26. The summed E-state index contributed by atoms with van der Waals surface area (Å²) in [6.45, 7) is -0.307. The molecule has 4 N–H and O–H groups in total. The van der Waals surface area contributed by atoms with Gasteiger partial charge in [-0.05, 0) is 29.6 Å². The number of nitrogens with two attached hydrogens (primary N) is 1. The molecule has 3 amide bonds. The van der Waals surface area contributed by atoms with Gasteiger partial charge in [-0.1, -0.05) is 6.07 Å². The number of hydrogen-bond donors (Lipinski definition) is 3. The van der Waals surface area contributed by atoms with E-state index in [2.05, 4.69) is 10.9 Å². The van der Waals surface area contributed by atoms with E-state index in [1.807, 2.05) is 0 Å². The second-order valence-electron chi connectivity index (χ2n) is 4.51. The average Bonchev–Trinajstić information content (AvgIpc) is 3.11. The number of amides is 3. The van der Waals surface area contributed by atoms with Gasteiger partial charge in [0, 0.05) is 5.56 Å². The van der Waals surface area contributed by atoms with Gasteiger partial charge in [0.25, 0.3) is 17.7 Å². The van der Waals surface area contributed by atoms with Gasteiger partial charge < -0.3 is 15.2 Å². The van der Waals surface area contributed by atoms with Gasteiger partial charge in [0.15, 0.2) is 18.1 Å². The first-order valence-corrected chi connectivity index (χ1v) is 7.62. The second-order valence-corrected chi connectivity index (χ2v) is 5.45. The van der Waals surface area contributed by atoms with Crippen molar-refractivity contribution in [2.24, 2.45) is 5.73 Å². The Labute approximate surface area is 141 Å². The molecule has 1 aromatic carbocycles. The van der Waals surface area contributed by atoms with Crippen molar-refractivity contribution in [2.75, 3.05) is 13.7 Å². The molecule has 8 nitrogen and oxygen atoms in total. The number of hydrazine groups is 1. The molecule has 24 heavy (non-hydrogen) atoms. The molecule has 1 heterocycles. The van der Waals surface area contributed by atoms with Crippen molar-refractivity contribution in [1.82, 2.24) is 10.9 Å². The highest BCUT2D eigenvalue weighted by atomic mass is 32.1. The third kappa shape index (κ3) is 4.46. The van der Waals surface area contributed by atoms with E-state index in [9.17, 15) is 14.4 Å². The lowest BCUT2D eigenvalue weighted by Gasteiger charge is -2.11. The number of benzene rings is 1. The maximum absolute atomic E-state index is 12.1. The van der Waals surface area contributed by atoms with E-state index in [1.54, 1.807) is 17.5 Å². The summed E-state index contributed by atoms with van der Waals surface area (Å²) in [5.74, 6) is -1.04.